The summed E-state index contributed by atoms with van der Waals surface area (Å²) in [5.41, 5.74) is 4.29. The van der Waals surface area contributed by atoms with E-state index in [1.54, 1.807) is 4.90 Å². The van der Waals surface area contributed by atoms with Crippen molar-refractivity contribution in [3.63, 3.8) is 0 Å². The van der Waals surface area contributed by atoms with Gasteiger partial charge in [0.1, 0.15) is 17.6 Å². The number of nitrogens with one attached hydrogen (secondary N) is 3. The van der Waals surface area contributed by atoms with Crippen LogP contribution in [-0.4, -0.2) is 59.0 Å². The van der Waals surface area contributed by atoms with Gasteiger partial charge in [-0.25, -0.2) is 4.79 Å². The predicted octanol–water partition coefficient (Wildman–Crippen LogP) is 2.81. The van der Waals surface area contributed by atoms with Crippen LogP contribution in [-0.2, 0) is 22.4 Å². The van der Waals surface area contributed by atoms with Gasteiger partial charge in [0.2, 0.25) is 5.91 Å². The molecule has 1 heterocycles. The molecule has 1 aromatic rings. The topological polar surface area (TPSA) is 123 Å². The van der Waals surface area contributed by atoms with Crippen LogP contribution in [0.25, 0.3) is 0 Å². The zero-order valence-electron chi connectivity index (χ0n) is 21.5. The van der Waals surface area contributed by atoms with Gasteiger partial charge in [0.15, 0.2) is 0 Å². The third-order valence-electron chi connectivity index (χ3n) is 7.98. The number of carbonyl (C=O) groups is 3. The number of anilines is 1. The van der Waals surface area contributed by atoms with E-state index in [0.29, 0.717) is 24.4 Å². The molecule has 0 bridgehead atoms. The number of imide groups is 1. The number of aliphatic hydroxyl groups excluding tert-OH is 1. The Morgan fingerprint density at radius 3 is 2.70 bits per heavy atom. The fraction of sp³-hybridized carbons (Fsp3) is 0.500. The smallest absolute Gasteiger partial charge is 0.321 e. The standard InChI is InChI=1S/C28H35N5O4/c1-17-7-3-4-8-22(17)24-32-28(11-5-6-12-28)26(36)33(24)16-23(34)30-21-10-9-18-13-20(14-19(18)15-21)25(35)31-27(37)29-2/h4,8-10,15,20,23,30,34H,3,5-7,11-14,16H2,1-2H3,(H2,29,31,35,37). The van der Waals surface area contributed by atoms with Crippen LogP contribution < -0.4 is 16.0 Å². The van der Waals surface area contributed by atoms with E-state index in [4.69, 9.17) is 4.99 Å². The van der Waals surface area contributed by atoms with Gasteiger partial charge in [-0.3, -0.25) is 24.8 Å². The lowest BCUT2D eigenvalue weighted by molar-refractivity contribution is -0.131. The monoisotopic (exact) mass is 505 g/mol. The lowest BCUT2D eigenvalue weighted by atomic mass is 9.98. The Labute approximate surface area is 217 Å². The number of hydrogen-bond acceptors (Lipinski definition) is 6. The molecule has 9 heteroatoms. The van der Waals surface area contributed by atoms with Crippen LogP contribution in [0.15, 0.2) is 46.5 Å². The van der Waals surface area contributed by atoms with Gasteiger partial charge in [-0.1, -0.05) is 36.6 Å². The van der Waals surface area contributed by atoms with Gasteiger partial charge in [0, 0.05) is 24.2 Å². The molecule has 1 fully saturated rings. The van der Waals surface area contributed by atoms with Crippen molar-refractivity contribution in [3.05, 3.63) is 52.6 Å². The van der Waals surface area contributed by atoms with Gasteiger partial charge in [-0.05, 0) is 68.7 Å². The van der Waals surface area contributed by atoms with Crippen LogP contribution in [0.5, 0.6) is 0 Å². The van der Waals surface area contributed by atoms with E-state index >= 15 is 0 Å². The molecule has 5 rings (SSSR count). The molecule has 9 nitrogen and oxygen atoms in total. The summed E-state index contributed by atoms with van der Waals surface area (Å²) in [6.07, 6.45) is 9.68. The molecule has 1 aromatic carbocycles. The summed E-state index contributed by atoms with van der Waals surface area (Å²) in [7, 11) is 1.47. The zero-order valence-corrected chi connectivity index (χ0v) is 21.5. The quantitative estimate of drug-likeness (QED) is 0.443. The summed E-state index contributed by atoms with van der Waals surface area (Å²) in [4.78, 5) is 44.1. The molecule has 0 aromatic heterocycles. The second-order valence-corrected chi connectivity index (χ2v) is 10.5. The zero-order chi connectivity index (χ0) is 26.2. The summed E-state index contributed by atoms with van der Waals surface area (Å²) >= 11 is 0. The van der Waals surface area contributed by atoms with Crippen molar-refractivity contribution in [2.45, 2.75) is 70.1 Å². The third-order valence-corrected chi connectivity index (χ3v) is 7.98. The van der Waals surface area contributed by atoms with E-state index in [0.717, 1.165) is 55.2 Å². The molecular formula is C28H35N5O4. The van der Waals surface area contributed by atoms with Crippen molar-refractivity contribution >= 4 is 29.4 Å². The van der Waals surface area contributed by atoms with Crippen molar-refractivity contribution in [3.8, 4) is 0 Å². The van der Waals surface area contributed by atoms with E-state index in [1.165, 1.54) is 12.6 Å². The molecule has 0 radical (unpaired) electrons. The Hall–Kier alpha value is -3.46. The Kier molecular flexibility index (Phi) is 6.90. The molecule has 4 amide bonds. The molecule has 4 aliphatic rings. The second kappa shape index (κ2) is 10.1. The van der Waals surface area contributed by atoms with Crippen molar-refractivity contribution < 1.29 is 19.5 Å². The lowest BCUT2D eigenvalue weighted by Gasteiger charge is -2.27. The van der Waals surface area contributed by atoms with Gasteiger partial charge < -0.3 is 15.7 Å². The van der Waals surface area contributed by atoms with E-state index in [-0.39, 0.29) is 24.3 Å². The largest absolute Gasteiger partial charge is 0.372 e. The minimum atomic E-state index is -0.994. The van der Waals surface area contributed by atoms with Crippen molar-refractivity contribution in [1.29, 1.82) is 0 Å². The number of carbonyl (C=O) groups excluding carboxylic acids is 3. The molecule has 196 valence electrons. The lowest BCUT2D eigenvalue weighted by Crippen LogP contribution is -2.46. The predicted molar refractivity (Wildman–Crippen MR) is 141 cm³/mol. The highest BCUT2D eigenvalue weighted by Crippen LogP contribution is 2.41. The van der Waals surface area contributed by atoms with Gasteiger partial charge in [-0.15, -0.1) is 0 Å². The molecule has 37 heavy (non-hydrogen) atoms. The second-order valence-electron chi connectivity index (χ2n) is 10.5. The maximum Gasteiger partial charge on any atom is 0.321 e. The first-order chi connectivity index (χ1) is 17.8. The molecule has 1 aliphatic heterocycles. The first kappa shape index (κ1) is 25.2. The SMILES string of the molecule is CNC(=O)NC(=O)C1Cc2ccc(NC(O)CN3C(=O)C4(CCCC4)N=C3C3=C(C)CCC=C3)cc2C1. The average Bonchev–Trinajstić information content (AvgIpc) is 3.59. The van der Waals surface area contributed by atoms with E-state index < -0.39 is 17.8 Å². The minimum Gasteiger partial charge on any atom is -0.372 e. The van der Waals surface area contributed by atoms with E-state index in [1.807, 2.05) is 18.2 Å². The molecule has 2 unspecified atom stereocenters. The van der Waals surface area contributed by atoms with Crippen LogP contribution in [0.2, 0.25) is 0 Å². The van der Waals surface area contributed by atoms with Crippen LogP contribution in [0.3, 0.4) is 0 Å². The van der Waals surface area contributed by atoms with Gasteiger partial charge in [0.05, 0.1) is 6.54 Å². The summed E-state index contributed by atoms with van der Waals surface area (Å²) in [6.45, 7) is 2.18. The maximum atomic E-state index is 13.6. The number of hydrogen-bond donors (Lipinski definition) is 4. The fourth-order valence-corrected chi connectivity index (χ4v) is 5.94. The number of aliphatic imine (C=N–C) groups is 1. The van der Waals surface area contributed by atoms with Gasteiger partial charge in [0.25, 0.3) is 5.91 Å². The number of amidine groups is 1. The first-order valence-electron chi connectivity index (χ1n) is 13.2. The summed E-state index contributed by atoms with van der Waals surface area (Å²) in [5, 5.41) is 18.9. The van der Waals surface area contributed by atoms with Crippen molar-refractivity contribution in [2.75, 3.05) is 18.9 Å². The summed E-state index contributed by atoms with van der Waals surface area (Å²) in [6, 6.07) is 5.23. The normalized spacial score (nSPS) is 22.8. The number of β-amino-alcohol motifs (C(OH)–C–C–N with tert-alkyl or cyclic N) is 1. The number of urea groups is 1. The van der Waals surface area contributed by atoms with Crippen LogP contribution in [0.4, 0.5) is 10.5 Å². The van der Waals surface area contributed by atoms with Crippen molar-refractivity contribution in [1.82, 2.24) is 15.5 Å². The third kappa shape index (κ3) is 4.92. The first-order valence-corrected chi connectivity index (χ1v) is 13.2. The highest BCUT2D eigenvalue weighted by atomic mass is 16.3. The fourth-order valence-electron chi connectivity index (χ4n) is 5.94. The van der Waals surface area contributed by atoms with E-state index in [9.17, 15) is 19.5 Å². The molecule has 3 aliphatic carbocycles. The Morgan fingerprint density at radius 2 is 1.97 bits per heavy atom. The van der Waals surface area contributed by atoms with Crippen LogP contribution >= 0.6 is 0 Å². The molecule has 2 atom stereocenters. The molecule has 1 saturated carbocycles. The number of allylic oxidation sites excluding steroid dienone is 2. The van der Waals surface area contributed by atoms with Gasteiger partial charge >= 0.3 is 6.03 Å². The highest BCUT2D eigenvalue weighted by molar-refractivity contribution is 6.16. The van der Waals surface area contributed by atoms with Gasteiger partial charge in [-0.2, -0.15) is 0 Å². The maximum absolute atomic E-state index is 13.6. The molecule has 4 N–H and O–H groups in total. The number of aliphatic hydroxyl groups is 1. The van der Waals surface area contributed by atoms with Crippen molar-refractivity contribution in [2.24, 2.45) is 10.9 Å². The Morgan fingerprint density at radius 1 is 1.22 bits per heavy atom. The average molecular weight is 506 g/mol. The molecular weight excluding hydrogens is 470 g/mol. The van der Waals surface area contributed by atoms with Crippen LogP contribution in [0.1, 0.15) is 56.6 Å². The Bertz CT molecular complexity index is 1210. The van der Waals surface area contributed by atoms with Crippen LogP contribution in [0, 0.1) is 5.92 Å². The summed E-state index contributed by atoms with van der Waals surface area (Å²) in [5.74, 6) is 0.0574. The molecule has 1 spiro atoms. The number of rotatable bonds is 6. The number of amides is 4. The molecule has 0 saturated heterocycles. The highest BCUT2D eigenvalue weighted by Gasteiger charge is 2.50. The minimum absolute atomic E-state index is 0.0148. The number of benzene rings is 1. The number of fused-ring (bicyclic) bond motifs is 1. The van der Waals surface area contributed by atoms with E-state index in [2.05, 4.69) is 35.0 Å². The summed E-state index contributed by atoms with van der Waals surface area (Å²) < 4.78 is 0. The Balaban J connectivity index is 1.28. The number of nitrogens with zero attached hydrogens (tertiary/aromatic N) is 2.